The summed E-state index contributed by atoms with van der Waals surface area (Å²) in [6.45, 7) is 5.30. The monoisotopic (exact) mass is 383 g/mol. The number of carbonyl (C=O) groups excluding carboxylic acids is 2. The maximum absolute atomic E-state index is 14.2. The fourth-order valence-electron chi connectivity index (χ4n) is 2.94. The second-order valence-corrected chi connectivity index (χ2v) is 7.47. The molecule has 146 valence electrons. The second kappa shape index (κ2) is 7.42. The molecule has 2 N–H and O–H groups in total. The number of esters is 1. The SMILES string of the molecule is CNC(=O)c1cc(C(=O)OC(C)(C)C)cc(Cc2cccc3[nH]cc(F)c23)n1. The number of ether oxygens (including phenoxy) is 1. The average Bonchev–Trinajstić information content (AvgIpc) is 3.01. The Hall–Kier alpha value is -3.22. The fourth-order valence-corrected chi connectivity index (χ4v) is 2.94. The Kier molecular flexibility index (Phi) is 5.18. The van der Waals surface area contributed by atoms with E-state index in [4.69, 9.17) is 4.74 Å². The molecule has 0 aliphatic rings. The highest BCUT2D eigenvalue weighted by molar-refractivity contribution is 5.96. The van der Waals surface area contributed by atoms with Gasteiger partial charge in [-0.2, -0.15) is 0 Å². The van der Waals surface area contributed by atoms with E-state index >= 15 is 0 Å². The summed E-state index contributed by atoms with van der Waals surface area (Å²) < 4.78 is 19.6. The van der Waals surface area contributed by atoms with Gasteiger partial charge in [0.1, 0.15) is 17.1 Å². The molecule has 3 aromatic rings. The van der Waals surface area contributed by atoms with Gasteiger partial charge >= 0.3 is 5.97 Å². The number of carbonyl (C=O) groups is 2. The summed E-state index contributed by atoms with van der Waals surface area (Å²) in [6.07, 6.45) is 1.56. The number of H-pyrrole nitrogens is 1. The van der Waals surface area contributed by atoms with Gasteiger partial charge in [-0.1, -0.05) is 12.1 Å². The third-order valence-electron chi connectivity index (χ3n) is 4.09. The zero-order valence-corrected chi connectivity index (χ0v) is 16.2. The van der Waals surface area contributed by atoms with E-state index in [9.17, 15) is 14.0 Å². The largest absolute Gasteiger partial charge is 0.456 e. The number of rotatable bonds is 4. The van der Waals surface area contributed by atoms with E-state index in [1.54, 1.807) is 39.0 Å². The Bertz CT molecular complexity index is 1050. The molecule has 1 aromatic carbocycles. The number of halogens is 1. The molecular weight excluding hydrogens is 361 g/mol. The maximum Gasteiger partial charge on any atom is 0.338 e. The first-order valence-electron chi connectivity index (χ1n) is 8.89. The number of hydrogen-bond donors (Lipinski definition) is 2. The first kappa shape index (κ1) is 19.5. The summed E-state index contributed by atoms with van der Waals surface area (Å²) in [5.41, 5.74) is 1.49. The van der Waals surface area contributed by atoms with Gasteiger partial charge in [0, 0.05) is 36.3 Å². The average molecular weight is 383 g/mol. The maximum atomic E-state index is 14.2. The molecule has 6 nitrogen and oxygen atoms in total. The topological polar surface area (TPSA) is 84.1 Å². The molecular formula is C21H22FN3O3. The number of fused-ring (bicyclic) bond motifs is 1. The molecule has 0 saturated heterocycles. The number of nitrogens with zero attached hydrogens (tertiary/aromatic N) is 1. The van der Waals surface area contributed by atoms with Gasteiger partial charge in [-0.3, -0.25) is 4.79 Å². The molecule has 2 heterocycles. The number of pyridine rings is 1. The lowest BCUT2D eigenvalue weighted by Crippen LogP contribution is -2.25. The molecule has 0 radical (unpaired) electrons. The van der Waals surface area contributed by atoms with Crippen LogP contribution in [0.1, 0.15) is 52.9 Å². The molecule has 0 aliphatic carbocycles. The Morgan fingerprint density at radius 3 is 2.68 bits per heavy atom. The summed E-state index contributed by atoms with van der Waals surface area (Å²) in [4.78, 5) is 31.8. The first-order valence-corrected chi connectivity index (χ1v) is 8.89. The molecule has 7 heteroatoms. The van der Waals surface area contributed by atoms with E-state index in [1.807, 2.05) is 6.07 Å². The van der Waals surface area contributed by atoms with Crippen molar-refractivity contribution >= 4 is 22.8 Å². The molecule has 0 fully saturated rings. The molecule has 0 atom stereocenters. The molecule has 0 unspecified atom stereocenters. The number of aromatic nitrogens is 2. The van der Waals surface area contributed by atoms with Crippen LogP contribution in [-0.4, -0.2) is 34.5 Å². The quantitative estimate of drug-likeness (QED) is 0.674. The predicted molar refractivity (Wildman–Crippen MR) is 104 cm³/mol. The van der Waals surface area contributed by atoms with Gasteiger partial charge in [0.2, 0.25) is 0 Å². The minimum absolute atomic E-state index is 0.0996. The van der Waals surface area contributed by atoms with Crippen LogP contribution in [0.5, 0.6) is 0 Å². The van der Waals surface area contributed by atoms with Gasteiger partial charge in [-0.15, -0.1) is 0 Å². The Morgan fingerprint density at radius 1 is 1.25 bits per heavy atom. The smallest absolute Gasteiger partial charge is 0.338 e. The Morgan fingerprint density at radius 2 is 2.00 bits per heavy atom. The number of benzene rings is 1. The molecule has 0 spiro atoms. The van der Waals surface area contributed by atoms with Crippen molar-refractivity contribution in [2.45, 2.75) is 32.8 Å². The lowest BCUT2D eigenvalue weighted by Gasteiger charge is -2.20. The van der Waals surface area contributed by atoms with Crippen molar-refractivity contribution in [3.05, 3.63) is 64.9 Å². The van der Waals surface area contributed by atoms with E-state index < -0.39 is 17.5 Å². The summed E-state index contributed by atoms with van der Waals surface area (Å²) in [5, 5.41) is 2.97. The van der Waals surface area contributed by atoms with E-state index in [1.165, 1.54) is 19.3 Å². The van der Waals surface area contributed by atoms with Crippen molar-refractivity contribution in [1.29, 1.82) is 0 Å². The third kappa shape index (κ3) is 4.19. The highest BCUT2D eigenvalue weighted by atomic mass is 19.1. The summed E-state index contributed by atoms with van der Waals surface area (Å²) >= 11 is 0. The minimum Gasteiger partial charge on any atom is -0.456 e. The van der Waals surface area contributed by atoms with E-state index in [0.717, 1.165) is 0 Å². The van der Waals surface area contributed by atoms with Crippen molar-refractivity contribution in [3.63, 3.8) is 0 Å². The van der Waals surface area contributed by atoms with E-state index in [-0.39, 0.29) is 23.5 Å². The fraction of sp³-hybridized carbons (Fsp3) is 0.286. The van der Waals surface area contributed by atoms with Gasteiger partial charge < -0.3 is 15.0 Å². The van der Waals surface area contributed by atoms with E-state index in [0.29, 0.717) is 22.2 Å². The van der Waals surface area contributed by atoms with Gasteiger partial charge in [-0.05, 0) is 44.5 Å². The summed E-state index contributed by atoms with van der Waals surface area (Å²) in [7, 11) is 1.49. The molecule has 1 amide bonds. The Balaban J connectivity index is 2.04. The lowest BCUT2D eigenvalue weighted by molar-refractivity contribution is 0.00692. The number of amides is 1. The van der Waals surface area contributed by atoms with Crippen molar-refractivity contribution < 1.29 is 18.7 Å². The molecule has 0 saturated carbocycles. The molecule has 2 aromatic heterocycles. The lowest BCUT2D eigenvalue weighted by atomic mass is 10.0. The van der Waals surface area contributed by atoms with Crippen molar-refractivity contribution in [3.8, 4) is 0 Å². The van der Waals surface area contributed by atoms with Crippen molar-refractivity contribution in [2.75, 3.05) is 7.05 Å². The van der Waals surface area contributed by atoms with Gasteiger partial charge in [0.15, 0.2) is 0 Å². The summed E-state index contributed by atoms with van der Waals surface area (Å²) in [6, 6.07) is 8.35. The third-order valence-corrected chi connectivity index (χ3v) is 4.09. The van der Waals surface area contributed by atoms with Crippen LogP contribution in [0.2, 0.25) is 0 Å². The molecule has 28 heavy (non-hydrogen) atoms. The van der Waals surface area contributed by atoms with Crippen LogP contribution in [0.3, 0.4) is 0 Å². The van der Waals surface area contributed by atoms with Crippen LogP contribution in [-0.2, 0) is 11.2 Å². The van der Waals surface area contributed by atoms with Crippen LogP contribution in [0, 0.1) is 5.82 Å². The van der Waals surface area contributed by atoms with Gasteiger partial charge in [0.05, 0.1) is 5.56 Å². The molecule has 0 aliphatic heterocycles. The highest BCUT2D eigenvalue weighted by Crippen LogP contribution is 2.24. The molecule has 3 rings (SSSR count). The van der Waals surface area contributed by atoms with Crippen LogP contribution in [0.15, 0.2) is 36.5 Å². The summed E-state index contributed by atoms with van der Waals surface area (Å²) in [5.74, 6) is -1.33. The van der Waals surface area contributed by atoms with Crippen LogP contribution < -0.4 is 5.32 Å². The van der Waals surface area contributed by atoms with Crippen molar-refractivity contribution in [1.82, 2.24) is 15.3 Å². The number of hydrogen-bond acceptors (Lipinski definition) is 4. The van der Waals surface area contributed by atoms with Gasteiger partial charge in [-0.25, -0.2) is 14.2 Å². The van der Waals surface area contributed by atoms with Gasteiger partial charge in [0.25, 0.3) is 5.91 Å². The molecule has 0 bridgehead atoms. The second-order valence-electron chi connectivity index (χ2n) is 7.47. The number of nitrogens with one attached hydrogen (secondary N) is 2. The van der Waals surface area contributed by atoms with Crippen LogP contribution in [0.25, 0.3) is 10.9 Å². The normalized spacial score (nSPS) is 11.5. The minimum atomic E-state index is -0.673. The zero-order chi connectivity index (χ0) is 20.5. The first-order chi connectivity index (χ1) is 13.2. The highest BCUT2D eigenvalue weighted by Gasteiger charge is 2.21. The zero-order valence-electron chi connectivity index (χ0n) is 16.2. The van der Waals surface area contributed by atoms with Crippen molar-refractivity contribution in [2.24, 2.45) is 0 Å². The van der Waals surface area contributed by atoms with E-state index in [2.05, 4.69) is 15.3 Å². The standard InChI is InChI=1S/C21H22FN3O3/c1-21(2,3)28-20(27)13-9-14(25-17(10-13)19(26)23-4)8-12-6-5-7-16-18(12)15(22)11-24-16/h5-7,9-11,24H,8H2,1-4H3,(H,23,26). The van der Waals surface area contributed by atoms with Crippen LogP contribution >= 0.6 is 0 Å². The number of aromatic amines is 1. The predicted octanol–water partition coefficient (Wildman–Crippen LogP) is 3.61. The van der Waals surface area contributed by atoms with Crippen LogP contribution in [0.4, 0.5) is 4.39 Å². The Labute approximate surface area is 162 Å².